The minimum absolute atomic E-state index is 0.0531. The first-order chi connectivity index (χ1) is 8.63. The van der Waals surface area contributed by atoms with Crippen molar-refractivity contribution in [1.29, 1.82) is 0 Å². The van der Waals surface area contributed by atoms with Gasteiger partial charge in [-0.2, -0.15) is 4.98 Å². The van der Waals surface area contributed by atoms with E-state index in [-0.39, 0.29) is 19.0 Å². The summed E-state index contributed by atoms with van der Waals surface area (Å²) in [7, 11) is 0. The number of hydrogen-bond acceptors (Lipinski definition) is 7. The molecule has 2 rings (SSSR count). The van der Waals surface area contributed by atoms with Gasteiger partial charge < -0.3 is 14.9 Å². The van der Waals surface area contributed by atoms with E-state index in [0.29, 0.717) is 6.42 Å². The largest absolute Gasteiger partial charge is 0.394 e. The lowest BCUT2D eigenvalue weighted by Gasteiger charge is -2.15. The molecule has 0 aliphatic carbocycles. The summed E-state index contributed by atoms with van der Waals surface area (Å²) < 4.78 is 6.66. The minimum atomic E-state index is -0.718. The van der Waals surface area contributed by atoms with Gasteiger partial charge in [0.05, 0.1) is 25.4 Å². The Morgan fingerprint density at radius 3 is 2.94 bits per heavy atom. The highest BCUT2D eigenvalue weighted by atomic mass is 16.5. The molecule has 2 heterocycles. The van der Waals surface area contributed by atoms with E-state index in [0.717, 1.165) is 0 Å². The fourth-order valence-corrected chi connectivity index (χ4v) is 1.92. The first-order valence-corrected chi connectivity index (χ1v) is 5.56. The smallest absolute Gasteiger partial charge is 0.349 e. The molecule has 1 aromatic heterocycles. The van der Waals surface area contributed by atoms with E-state index in [1.165, 1.54) is 16.8 Å². The number of nitrogens with zero attached hydrogens (tertiary/aromatic N) is 2. The van der Waals surface area contributed by atoms with Gasteiger partial charge in [-0.15, -0.1) is 0 Å². The molecule has 0 amide bonds. The highest BCUT2D eigenvalue weighted by Gasteiger charge is 2.33. The molecule has 1 aliphatic rings. The van der Waals surface area contributed by atoms with Crippen molar-refractivity contribution in [3.63, 3.8) is 0 Å². The third-order valence-electron chi connectivity index (χ3n) is 2.87. The van der Waals surface area contributed by atoms with Crippen molar-refractivity contribution >= 4 is 5.82 Å². The van der Waals surface area contributed by atoms with Crippen LogP contribution in [0.4, 0.5) is 5.82 Å². The summed E-state index contributed by atoms with van der Waals surface area (Å²) in [6.07, 6.45) is 0.127. The summed E-state index contributed by atoms with van der Waals surface area (Å²) in [5, 5.41) is 27.2. The highest BCUT2D eigenvalue weighted by Crippen LogP contribution is 2.21. The molecule has 1 saturated heterocycles. The maximum Gasteiger partial charge on any atom is 0.349 e. The van der Waals surface area contributed by atoms with Gasteiger partial charge in [-0.25, -0.2) is 4.79 Å². The summed E-state index contributed by atoms with van der Waals surface area (Å²) in [6, 6.07) is 1.42. The van der Waals surface area contributed by atoms with Crippen LogP contribution in [0.5, 0.6) is 0 Å². The molecule has 0 saturated carbocycles. The minimum Gasteiger partial charge on any atom is -0.394 e. The maximum absolute atomic E-state index is 11.6. The van der Waals surface area contributed by atoms with Gasteiger partial charge >= 0.3 is 5.69 Å². The van der Waals surface area contributed by atoms with Crippen molar-refractivity contribution in [3.8, 4) is 0 Å². The summed E-state index contributed by atoms with van der Waals surface area (Å²) in [4.78, 5) is 15.1. The molecule has 1 aromatic rings. The average Bonchev–Trinajstić information content (AvgIpc) is 2.72. The molecule has 8 heteroatoms. The van der Waals surface area contributed by atoms with Gasteiger partial charge in [0.15, 0.2) is 5.82 Å². The molecule has 1 aliphatic heterocycles. The molecule has 18 heavy (non-hydrogen) atoms. The van der Waals surface area contributed by atoms with E-state index in [4.69, 9.17) is 15.1 Å². The van der Waals surface area contributed by atoms with Gasteiger partial charge in [-0.3, -0.25) is 15.3 Å². The molecule has 0 spiro atoms. The second kappa shape index (κ2) is 5.44. The van der Waals surface area contributed by atoms with E-state index < -0.39 is 24.0 Å². The van der Waals surface area contributed by atoms with Crippen molar-refractivity contribution in [2.75, 3.05) is 12.1 Å². The standard InChI is InChI=1S/C10H15N3O5/c14-5-6-3-7(15)8(18-6)4-13-2-1-9(12-17)11-10(13)16/h1-2,6-8,14-15,17H,3-5H2,(H,11,12,16)/t6-,7+,8-/m0/s1. The van der Waals surface area contributed by atoms with Gasteiger partial charge in [0.2, 0.25) is 0 Å². The maximum atomic E-state index is 11.6. The van der Waals surface area contributed by atoms with Crippen molar-refractivity contribution in [3.05, 3.63) is 22.7 Å². The lowest BCUT2D eigenvalue weighted by Crippen LogP contribution is -2.33. The number of hydrogen-bond donors (Lipinski definition) is 4. The summed E-state index contributed by atoms with van der Waals surface area (Å²) >= 11 is 0. The third kappa shape index (κ3) is 2.67. The summed E-state index contributed by atoms with van der Waals surface area (Å²) in [6.45, 7) is -0.0106. The zero-order valence-corrected chi connectivity index (χ0v) is 9.56. The Labute approximate surface area is 102 Å². The fraction of sp³-hybridized carbons (Fsp3) is 0.600. The topological polar surface area (TPSA) is 117 Å². The zero-order chi connectivity index (χ0) is 13.1. The average molecular weight is 257 g/mol. The van der Waals surface area contributed by atoms with Crippen LogP contribution in [0.2, 0.25) is 0 Å². The molecule has 0 bridgehead atoms. The van der Waals surface area contributed by atoms with Crippen LogP contribution in [0.1, 0.15) is 6.42 Å². The van der Waals surface area contributed by atoms with Crippen LogP contribution in [0, 0.1) is 0 Å². The Balaban J connectivity index is 2.08. The van der Waals surface area contributed by atoms with Gasteiger partial charge in [-0.05, 0) is 6.07 Å². The van der Waals surface area contributed by atoms with Crippen LogP contribution in [0.25, 0.3) is 0 Å². The molecule has 4 N–H and O–H groups in total. The highest BCUT2D eigenvalue weighted by molar-refractivity contribution is 5.27. The number of ether oxygens (including phenoxy) is 1. The fourth-order valence-electron chi connectivity index (χ4n) is 1.92. The van der Waals surface area contributed by atoms with Gasteiger partial charge in [0, 0.05) is 12.6 Å². The Kier molecular flexibility index (Phi) is 3.92. The molecular weight excluding hydrogens is 242 g/mol. The van der Waals surface area contributed by atoms with Crippen LogP contribution >= 0.6 is 0 Å². The molecule has 8 nitrogen and oxygen atoms in total. The Hall–Kier alpha value is -1.48. The molecular formula is C10H15N3O5. The monoisotopic (exact) mass is 257 g/mol. The quantitative estimate of drug-likeness (QED) is 0.488. The van der Waals surface area contributed by atoms with Crippen molar-refractivity contribution < 1.29 is 20.2 Å². The van der Waals surface area contributed by atoms with Crippen molar-refractivity contribution in [1.82, 2.24) is 9.55 Å². The zero-order valence-electron chi connectivity index (χ0n) is 9.56. The number of aromatic nitrogens is 2. The second-order valence-corrected chi connectivity index (χ2v) is 4.14. The van der Waals surface area contributed by atoms with Crippen LogP contribution in [0.15, 0.2) is 17.1 Å². The Morgan fingerprint density at radius 2 is 2.39 bits per heavy atom. The van der Waals surface area contributed by atoms with Crippen molar-refractivity contribution in [2.45, 2.75) is 31.3 Å². The summed E-state index contributed by atoms with van der Waals surface area (Å²) in [5.74, 6) is 0.0531. The van der Waals surface area contributed by atoms with E-state index >= 15 is 0 Å². The number of nitrogens with one attached hydrogen (secondary N) is 1. The Morgan fingerprint density at radius 1 is 1.61 bits per heavy atom. The molecule has 0 unspecified atom stereocenters. The summed E-state index contributed by atoms with van der Waals surface area (Å²) in [5.41, 5.74) is 1.22. The van der Waals surface area contributed by atoms with Crippen molar-refractivity contribution in [2.24, 2.45) is 0 Å². The van der Waals surface area contributed by atoms with E-state index in [9.17, 15) is 9.90 Å². The first-order valence-electron chi connectivity index (χ1n) is 5.56. The second-order valence-electron chi connectivity index (χ2n) is 4.14. The molecule has 0 aromatic carbocycles. The number of aliphatic hydroxyl groups excluding tert-OH is 2. The van der Waals surface area contributed by atoms with E-state index in [1.54, 1.807) is 5.48 Å². The lowest BCUT2D eigenvalue weighted by molar-refractivity contribution is -0.0180. The lowest BCUT2D eigenvalue weighted by atomic mass is 10.1. The third-order valence-corrected chi connectivity index (χ3v) is 2.87. The number of anilines is 1. The van der Waals surface area contributed by atoms with Gasteiger partial charge in [-0.1, -0.05) is 0 Å². The predicted molar refractivity (Wildman–Crippen MR) is 60.3 cm³/mol. The van der Waals surface area contributed by atoms with Crippen LogP contribution in [-0.2, 0) is 11.3 Å². The van der Waals surface area contributed by atoms with Crippen LogP contribution in [-0.4, -0.2) is 49.9 Å². The molecule has 100 valence electrons. The number of rotatable bonds is 4. The molecule has 0 radical (unpaired) electrons. The van der Waals surface area contributed by atoms with E-state index in [1.807, 2.05) is 0 Å². The van der Waals surface area contributed by atoms with Gasteiger partial charge in [0.1, 0.15) is 6.10 Å². The normalized spacial score (nSPS) is 27.4. The van der Waals surface area contributed by atoms with E-state index in [2.05, 4.69) is 4.98 Å². The first kappa shape index (κ1) is 13.0. The number of aliphatic hydroxyl groups is 2. The molecule has 3 atom stereocenters. The SMILES string of the molecule is O=c1nc(NO)ccn1C[C@@H]1O[C@H](CO)C[C@H]1O. The van der Waals surface area contributed by atoms with Crippen LogP contribution < -0.4 is 11.2 Å². The van der Waals surface area contributed by atoms with Crippen LogP contribution in [0.3, 0.4) is 0 Å². The molecule has 1 fully saturated rings. The van der Waals surface area contributed by atoms with Gasteiger partial charge in [0.25, 0.3) is 0 Å². The Bertz CT molecular complexity index is 463. The predicted octanol–water partition coefficient (Wildman–Crippen LogP) is -1.44.